The van der Waals surface area contributed by atoms with Crippen molar-refractivity contribution in [2.75, 3.05) is 43.6 Å². The average Bonchev–Trinajstić information content (AvgIpc) is 2.81. The molecular weight excluding hydrogens is 412 g/mol. The Balaban J connectivity index is 1.92. The summed E-state index contributed by atoms with van der Waals surface area (Å²) < 4.78 is 0. The molecule has 2 atom stereocenters. The molecule has 0 spiro atoms. The molecule has 166 valence electrons. The minimum absolute atomic E-state index is 0.153. The molecule has 0 saturated carbocycles. The summed E-state index contributed by atoms with van der Waals surface area (Å²) in [5, 5.41) is 19.1. The highest BCUT2D eigenvalue weighted by Gasteiger charge is 2.24. The van der Waals surface area contributed by atoms with Gasteiger partial charge in [-0.2, -0.15) is 11.8 Å². The zero-order valence-corrected chi connectivity index (χ0v) is 18.7. The van der Waals surface area contributed by atoms with Crippen molar-refractivity contribution in [2.45, 2.75) is 18.6 Å². The van der Waals surface area contributed by atoms with E-state index in [2.05, 4.69) is 20.9 Å². The third kappa shape index (κ3) is 6.00. The molecule has 2 unspecified atom stereocenters. The van der Waals surface area contributed by atoms with Crippen LogP contribution >= 0.6 is 11.8 Å². The summed E-state index contributed by atoms with van der Waals surface area (Å²) in [7, 11) is 2.03. The van der Waals surface area contributed by atoms with Crippen molar-refractivity contribution in [2.24, 2.45) is 0 Å². The lowest BCUT2D eigenvalue weighted by Gasteiger charge is -2.34. The largest absolute Gasteiger partial charge is 0.480 e. The molecule has 8 heteroatoms. The first kappa shape index (κ1) is 23.1. The molecule has 1 aliphatic rings. The third-order valence-corrected chi connectivity index (χ3v) is 6.08. The van der Waals surface area contributed by atoms with Crippen LogP contribution in [-0.2, 0) is 4.79 Å². The minimum Gasteiger partial charge on any atom is -0.480 e. The Morgan fingerprint density at radius 2 is 2.00 bits per heavy atom. The second kappa shape index (κ2) is 11.2. The number of nitrogens with zero attached hydrogens (tertiary/aromatic N) is 1. The van der Waals surface area contributed by atoms with E-state index < -0.39 is 12.0 Å². The summed E-state index contributed by atoms with van der Waals surface area (Å²) in [6, 6.07) is 14.5. The molecule has 4 N–H and O–H groups in total. The molecule has 1 saturated heterocycles. The van der Waals surface area contributed by atoms with Gasteiger partial charge in [0.2, 0.25) is 0 Å². The van der Waals surface area contributed by atoms with Gasteiger partial charge in [0, 0.05) is 37.9 Å². The van der Waals surface area contributed by atoms with Gasteiger partial charge in [-0.05, 0) is 47.8 Å². The van der Waals surface area contributed by atoms with Crippen molar-refractivity contribution in [1.29, 1.82) is 0 Å². The number of aliphatic carboxylic acids is 1. The van der Waals surface area contributed by atoms with Gasteiger partial charge in [0.25, 0.3) is 5.91 Å². The number of rotatable bonds is 9. The Morgan fingerprint density at radius 3 is 2.65 bits per heavy atom. The number of carboxylic acid groups (broad SMARTS) is 1. The summed E-state index contributed by atoms with van der Waals surface area (Å²) in [4.78, 5) is 26.8. The van der Waals surface area contributed by atoms with E-state index in [1.807, 2.05) is 55.8 Å². The fourth-order valence-electron chi connectivity index (χ4n) is 3.63. The monoisotopic (exact) mass is 442 g/mol. The number of hydrogen-bond donors (Lipinski definition) is 4. The van der Waals surface area contributed by atoms with Crippen molar-refractivity contribution in [3.63, 3.8) is 0 Å². The van der Waals surface area contributed by atoms with Gasteiger partial charge in [-0.15, -0.1) is 0 Å². The van der Waals surface area contributed by atoms with E-state index in [4.69, 9.17) is 0 Å². The van der Waals surface area contributed by atoms with Crippen LogP contribution in [0.1, 0.15) is 16.8 Å². The maximum atomic E-state index is 13.1. The lowest BCUT2D eigenvalue weighted by atomic mass is 9.97. The van der Waals surface area contributed by atoms with Crippen LogP contribution in [0.25, 0.3) is 11.1 Å². The number of hydrogen-bond acceptors (Lipinski definition) is 6. The van der Waals surface area contributed by atoms with Crippen molar-refractivity contribution >= 4 is 29.3 Å². The first-order valence-electron chi connectivity index (χ1n) is 10.4. The lowest BCUT2D eigenvalue weighted by Crippen LogP contribution is -2.56. The molecule has 7 nitrogen and oxygen atoms in total. The van der Waals surface area contributed by atoms with E-state index >= 15 is 0 Å². The predicted octanol–water partition coefficient (Wildman–Crippen LogP) is 2.24. The number of carbonyl (C=O) groups excluding carboxylic acids is 1. The smallest absolute Gasteiger partial charge is 0.326 e. The molecule has 0 radical (unpaired) electrons. The molecule has 1 fully saturated rings. The van der Waals surface area contributed by atoms with Crippen molar-refractivity contribution in [3.8, 4) is 11.1 Å². The van der Waals surface area contributed by atoms with Crippen LogP contribution in [-0.4, -0.2) is 67.9 Å². The van der Waals surface area contributed by atoms with Gasteiger partial charge >= 0.3 is 5.97 Å². The molecule has 1 heterocycles. The zero-order valence-electron chi connectivity index (χ0n) is 17.9. The van der Waals surface area contributed by atoms with Crippen LogP contribution in [0.15, 0.2) is 48.5 Å². The summed E-state index contributed by atoms with van der Waals surface area (Å²) in [6.07, 6.45) is 2.45. The highest BCUT2D eigenvalue weighted by atomic mass is 32.2. The molecule has 2 aromatic carbocycles. The normalized spacial score (nSPS) is 17.0. The van der Waals surface area contributed by atoms with Gasteiger partial charge in [0.15, 0.2) is 0 Å². The van der Waals surface area contributed by atoms with E-state index in [1.54, 1.807) is 17.8 Å². The number of piperazine rings is 1. The number of nitrogens with one attached hydrogen (secondary N) is 3. The molecule has 3 rings (SSSR count). The van der Waals surface area contributed by atoms with Gasteiger partial charge in [-0.25, -0.2) is 4.79 Å². The fraction of sp³-hybridized carbons (Fsp3) is 0.391. The van der Waals surface area contributed by atoms with E-state index in [9.17, 15) is 14.7 Å². The lowest BCUT2D eigenvalue weighted by molar-refractivity contribution is -0.139. The fourth-order valence-corrected chi connectivity index (χ4v) is 4.10. The van der Waals surface area contributed by atoms with Gasteiger partial charge < -0.3 is 20.6 Å². The van der Waals surface area contributed by atoms with Crippen molar-refractivity contribution in [3.05, 3.63) is 54.1 Å². The van der Waals surface area contributed by atoms with Crippen molar-refractivity contribution in [1.82, 2.24) is 16.0 Å². The summed E-state index contributed by atoms with van der Waals surface area (Å²) in [6.45, 7) is 2.67. The maximum Gasteiger partial charge on any atom is 0.326 e. The summed E-state index contributed by atoms with van der Waals surface area (Å²) in [5.74, 6) is -0.732. The molecule has 0 aromatic heterocycles. The van der Waals surface area contributed by atoms with Gasteiger partial charge in [0.1, 0.15) is 6.04 Å². The maximum absolute atomic E-state index is 13.1. The number of thioether (sulfide) groups is 1. The van der Waals surface area contributed by atoms with Crippen LogP contribution in [0.2, 0.25) is 0 Å². The summed E-state index contributed by atoms with van der Waals surface area (Å²) >= 11 is 1.56. The van der Waals surface area contributed by atoms with Crippen molar-refractivity contribution < 1.29 is 14.7 Å². The first-order chi connectivity index (χ1) is 15.0. The Kier molecular flexibility index (Phi) is 8.34. The van der Waals surface area contributed by atoms with Crippen LogP contribution in [0.5, 0.6) is 0 Å². The molecule has 1 aliphatic heterocycles. The molecule has 1 amide bonds. The average molecular weight is 443 g/mol. The van der Waals surface area contributed by atoms with Crippen LogP contribution < -0.4 is 20.9 Å². The van der Waals surface area contributed by atoms with E-state index in [0.29, 0.717) is 17.7 Å². The highest BCUT2D eigenvalue weighted by molar-refractivity contribution is 7.98. The topological polar surface area (TPSA) is 93.7 Å². The van der Waals surface area contributed by atoms with Crippen LogP contribution in [0.4, 0.5) is 5.69 Å². The van der Waals surface area contributed by atoms with Gasteiger partial charge in [-0.1, -0.05) is 30.3 Å². The number of amides is 1. The number of anilines is 1. The number of carbonyl (C=O) groups is 2. The third-order valence-electron chi connectivity index (χ3n) is 5.44. The predicted molar refractivity (Wildman–Crippen MR) is 127 cm³/mol. The van der Waals surface area contributed by atoms with Gasteiger partial charge in [-0.3, -0.25) is 10.1 Å². The van der Waals surface area contributed by atoms with Crippen LogP contribution in [0.3, 0.4) is 0 Å². The second-order valence-corrected chi connectivity index (χ2v) is 8.51. The second-order valence-electron chi connectivity index (χ2n) is 7.53. The number of carboxylic acids is 1. The highest BCUT2D eigenvalue weighted by Crippen LogP contribution is 2.29. The zero-order chi connectivity index (χ0) is 22.2. The SMILES string of the molecule is CSCCC(NC(=O)c1ccc(N(C)C2CNCCN2)cc1-c1ccccc1)C(=O)O. The molecule has 0 bridgehead atoms. The Morgan fingerprint density at radius 1 is 1.23 bits per heavy atom. The Labute approximate surface area is 187 Å². The standard InChI is InChI=1S/C23H30N4O3S/c1-27(21-15-24-11-12-25-21)17-8-9-18(19(14-17)16-6-4-3-5-7-16)22(28)26-20(23(29)30)10-13-31-2/h3-9,14,20-21,24-25H,10-13,15H2,1-2H3,(H,26,28)(H,29,30). The quantitative estimate of drug-likeness (QED) is 0.473. The summed E-state index contributed by atoms with van der Waals surface area (Å²) in [5.41, 5.74) is 3.14. The Hall–Kier alpha value is -2.55. The van der Waals surface area contributed by atoms with Crippen LogP contribution in [0, 0.1) is 0 Å². The number of benzene rings is 2. The minimum atomic E-state index is -1.02. The Bertz CT molecular complexity index is 888. The van der Waals surface area contributed by atoms with E-state index in [-0.39, 0.29) is 12.1 Å². The molecule has 0 aliphatic carbocycles. The van der Waals surface area contributed by atoms with E-state index in [0.717, 1.165) is 36.4 Å². The number of likely N-dealkylation sites (N-methyl/N-ethyl adjacent to an activating group) is 1. The molecular formula is C23H30N4O3S. The first-order valence-corrected chi connectivity index (χ1v) is 11.8. The van der Waals surface area contributed by atoms with E-state index in [1.165, 1.54) is 0 Å². The van der Waals surface area contributed by atoms with Gasteiger partial charge in [0.05, 0.1) is 6.17 Å². The molecule has 31 heavy (non-hydrogen) atoms. The molecule has 2 aromatic rings.